The maximum Gasteiger partial charge on any atom is 0.335 e. The van der Waals surface area contributed by atoms with Crippen molar-refractivity contribution in [3.63, 3.8) is 0 Å². The van der Waals surface area contributed by atoms with Crippen LogP contribution in [0.5, 0.6) is 0 Å². The number of aliphatic hydroxyl groups is 2. The summed E-state index contributed by atoms with van der Waals surface area (Å²) in [6.45, 7) is 3.58. The van der Waals surface area contributed by atoms with Crippen molar-refractivity contribution in [1.82, 2.24) is 10.2 Å². The predicted octanol–water partition coefficient (Wildman–Crippen LogP) is -0.500. The van der Waals surface area contributed by atoms with Gasteiger partial charge in [0, 0.05) is 31.7 Å². The number of nitrogens with one attached hydrogen (secondary N) is 1. The van der Waals surface area contributed by atoms with Crippen molar-refractivity contribution in [3.05, 3.63) is 35.9 Å². The van der Waals surface area contributed by atoms with Crippen LogP contribution >= 0.6 is 0 Å². The van der Waals surface area contributed by atoms with Crippen molar-refractivity contribution in [2.24, 2.45) is 0 Å². The highest BCUT2D eigenvalue weighted by atomic mass is 16.4. The fraction of sp³-hybridized carbons (Fsp3) is 0.529. The molecule has 0 radical (unpaired) electrons. The van der Waals surface area contributed by atoms with Crippen molar-refractivity contribution in [2.45, 2.75) is 43.7 Å². The van der Waals surface area contributed by atoms with Gasteiger partial charge in [-0.3, -0.25) is 4.90 Å². The summed E-state index contributed by atoms with van der Waals surface area (Å²) in [5, 5.41) is 36.2. The number of nitrogens with zero attached hydrogens (tertiary/aromatic N) is 1. The standard InChI is InChI=1S/C13H18N2.C4H6O6/c1-2-4-11(5-3-1)8-15-9-12-6-7-13(10-15)14-12;5-1(3(7)8)2(6)4(9)10/h1-5,12-14H,6-10H2;1-2,5-6H,(H,7,8)(H,9,10). The molecule has 0 spiro atoms. The van der Waals surface area contributed by atoms with Gasteiger partial charge >= 0.3 is 11.9 Å². The van der Waals surface area contributed by atoms with E-state index in [-0.39, 0.29) is 0 Å². The molecule has 2 bridgehead atoms. The van der Waals surface area contributed by atoms with Crippen molar-refractivity contribution < 1.29 is 30.0 Å². The molecular weight excluding hydrogens is 328 g/mol. The summed E-state index contributed by atoms with van der Waals surface area (Å²) < 4.78 is 0. The van der Waals surface area contributed by atoms with Crippen molar-refractivity contribution >= 4 is 11.9 Å². The smallest absolute Gasteiger partial charge is 0.335 e. The second-order valence-electron chi connectivity index (χ2n) is 6.38. The molecule has 8 heteroatoms. The fourth-order valence-corrected chi connectivity index (χ4v) is 3.13. The van der Waals surface area contributed by atoms with E-state index >= 15 is 0 Å². The molecule has 138 valence electrons. The number of benzene rings is 1. The minimum Gasteiger partial charge on any atom is -0.479 e. The number of hydrogen-bond donors (Lipinski definition) is 5. The molecule has 2 saturated heterocycles. The first-order valence-corrected chi connectivity index (χ1v) is 8.21. The van der Waals surface area contributed by atoms with Crippen molar-refractivity contribution in [2.75, 3.05) is 13.1 Å². The molecule has 2 fully saturated rings. The normalized spacial score (nSPS) is 24.7. The lowest BCUT2D eigenvalue weighted by Crippen LogP contribution is -2.50. The number of carbonyl (C=O) groups is 2. The average molecular weight is 352 g/mol. The molecule has 1 aromatic rings. The van der Waals surface area contributed by atoms with E-state index in [0.29, 0.717) is 0 Å². The number of carboxylic acids is 2. The zero-order valence-corrected chi connectivity index (χ0v) is 13.8. The molecule has 0 aliphatic carbocycles. The molecule has 3 rings (SSSR count). The number of fused-ring (bicyclic) bond motifs is 2. The Kier molecular flexibility index (Phi) is 6.89. The first-order chi connectivity index (χ1) is 11.9. The summed E-state index contributed by atoms with van der Waals surface area (Å²) in [5.74, 6) is -3.54. The highest BCUT2D eigenvalue weighted by Crippen LogP contribution is 2.21. The minimum atomic E-state index is -2.27. The molecule has 5 N–H and O–H groups in total. The van der Waals surface area contributed by atoms with E-state index in [4.69, 9.17) is 20.4 Å². The average Bonchev–Trinajstić information content (AvgIpc) is 2.93. The zero-order chi connectivity index (χ0) is 18.4. The lowest BCUT2D eigenvalue weighted by Gasteiger charge is -2.32. The predicted molar refractivity (Wildman–Crippen MR) is 88.9 cm³/mol. The van der Waals surface area contributed by atoms with Crippen LogP contribution in [-0.2, 0) is 16.1 Å². The second-order valence-corrected chi connectivity index (χ2v) is 6.38. The Morgan fingerprint density at radius 1 is 1.00 bits per heavy atom. The Morgan fingerprint density at radius 2 is 1.48 bits per heavy atom. The zero-order valence-electron chi connectivity index (χ0n) is 13.8. The minimum absolute atomic E-state index is 0.757. The number of carboxylic acid groups (broad SMARTS) is 2. The van der Waals surface area contributed by atoms with Crippen LogP contribution in [0.3, 0.4) is 0 Å². The van der Waals surface area contributed by atoms with Gasteiger partial charge in [-0.05, 0) is 18.4 Å². The maximum atomic E-state index is 9.77. The third-order valence-electron chi connectivity index (χ3n) is 4.35. The van der Waals surface area contributed by atoms with Gasteiger partial charge in [0.15, 0.2) is 12.2 Å². The van der Waals surface area contributed by atoms with Crippen LogP contribution in [0.25, 0.3) is 0 Å². The van der Waals surface area contributed by atoms with E-state index in [2.05, 4.69) is 40.5 Å². The van der Waals surface area contributed by atoms with E-state index in [9.17, 15) is 9.59 Å². The first-order valence-electron chi connectivity index (χ1n) is 8.21. The number of aliphatic hydroxyl groups excluding tert-OH is 2. The van der Waals surface area contributed by atoms with E-state index in [1.54, 1.807) is 0 Å². The number of aliphatic carboxylic acids is 2. The Hall–Kier alpha value is -2.00. The third kappa shape index (κ3) is 5.79. The van der Waals surface area contributed by atoms with Gasteiger partial charge in [0.1, 0.15) is 0 Å². The van der Waals surface area contributed by atoms with Crippen molar-refractivity contribution in [1.29, 1.82) is 0 Å². The summed E-state index contributed by atoms with van der Waals surface area (Å²) in [7, 11) is 0. The van der Waals surface area contributed by atoms with Crippen LogP contribution in [0.4, 0.5) is 0 Å². The van der Waals surface area contributed by atoms with E-state index in [0.717, 1.165) is 18.6 Å². The van der Waals surface area contributed by atoms with Gasteiger partial charge in [-0.25, -0.2) is 9.59 Å². The molecule has 0 aromatic heterocycles. The summed E-state index contributed by atoms with van der Waals surface area (Å²) in [4.78, 5) is 22.1. The van der Waals surface area contributed by atoms with Crippen LogP contribution in [0, 0.1) is 0 Å². The molecule has 25 heavy (non-hydrogen) atoms. The van der Waals surface area contributed by atoms with Crippen LogP contribution in [0.15, 0.2) is 30.3 Å². The van der Waals surface area contributed by atoms with Crippen LogP contribution in [0.2, 0.25) is 0 Å². The van der Waals surface area contributed by atoms with Gasteiger partial charge in [0.05, 0.1) is 0 Å². The molecule has 4 unspecified atom stereocenters. The Balaban J connectivity index is 0.000000199. The van der Waals surface area contributed by atoms with Crippen LogP contribution in [0.1, 0.15) is 18.4 Å². The van der Waals surface area contributed by atoms with Gasteiger partial charge in [0.2, 0.25) is 0 Å². The summed E-state index contributed by atoms with van der Waals surface area (Å²) in [6, 6.07) is 12.3. The largest absolute Gasteiger partial charge is 0.479 e. The van der Waals surface area contributed by atoms with Crippen molar-refractivity contribution in [3.8, 4) is 0 Å². The first kappa shape index (κ1) is 19.3. The van der Waals surface area contributed by atoms with E-state index < -0.39 is 24.1 Å². The second kappa shape index (κ2) is 8.91. The molecule has 8 nitrogen and oxygen atoms in total. The SMILES string of the molecule is O=C(O)C(O)C(O)C(=O)O.c1ccc(CN2CC3CCC(C2)N3)cc1. The Morgan fingerprint density at radius 3 is 1.92 bits per heavy atom. The maximum absolute atomic E-state index is 9.77. The van der Waals surface area contributed by atoms with Gasteiger partial charge in [-0.15, -0.1) is 0 Å². The highest BCUT2D eigenvalue weighted by molar-refractivity contribution is 5.83. The summed E-state index contributed by atoms with van der Waals surface area (Å²) in [6.07, 6.45) is -1.79. The molecule has 2 heterocycles. The Bertz CT molecular complexity index is 552. The Labute approximate surface area is 145 Å². The lowest BCUT2D eigenvalue weighted by atomic mass is 10.1. The molecule has 2 aliphatic heterocycles. The molecule has 1 aromatic carbocycles. The van der Waals surface area contributed by atoms with Gasteiger partial charge in [-0.1, -0.05) is 30.3 Å². The number of piperazine rings is 1. The van der Waals surface area contributed by atoms with Crippen LogP contribution < -0.4 is 5.32 Å². The van der Waals surface area contributed by atoms with Gasteiger partial charge in [0.25, 0.3) is 0 Å². The topological polar surface area (TPSA) is 130 Å². The molecule has 0 amide bonds. The molecule has 2 aliphatic rings. The van der Waals surface area contributed by atoms with E-state index in [1.807, 2.05) is 0 Å². The van der Waals surface area contributed by atoms with Gasteiger partial charge < -0.3 is 25.7 Å². The fourth-order valence-electron chi connectivity index (χ4n) is 3.13. The lowest BCUT2D eigenvalue weighted by molar-refractivity contribution is -0.165. The molecule has 4 atom stereocenters. The molecular formula is C17H24N2O6. The monoisotopic (exact) mass is 352 g/mol. The van der Waals surface area contributed by atoms with E-state index in [1.165, 1.54) is 31.5 Å². The number of likely N-dealkylation sites (tertiary alicyclic amines) is 1. The number of rotatable bonds is 5. The highest BCUT2D eigenvalue weighted by Gasteiger charge is 2.31. The van der Waals surface area contributed by atoms with Gasteiger partial charge in [-0.2, -0.15) is 0 Å². The third-order valence-corrected chi connectivity index (χ3v) is 4.35. The quantitative estimate of drug-likeness (QED) is 0.479. The molecule has 0 saturated carbocycles. The summed E-state index contributed by atoms with van der Waals surface area (Å²) in [5.41, 5.74) is 1.44. The van der Waals surface area contributed by atoms with Crippen LogP contribution in [-0.4, -0.2) is 74.6 Å². The number of hydrogen-bond acceptors (Lipinski definition) is 6. The summed E-state index contributed by atoms with van der Waals surface area (Å²) >= 11 is 0.